The summed E-state index contributed by atoms with van der Waals surface area (Å²) in [7, 11) is 0. The van der Waals surface area contributed by atoms with E-state index in [2.05, 4.69) is 20.9 Å². The Morgan fingerprint density at radius 3 is 2.84 bits per heavy atom. The summed E-state index contributed by atoms with van der Waals surface area (Å²) in [6.45, 7) is 0. The van der Waals surface area contributed by atoms with E-state index in [4.69, 9.17) is 11.5 Å². The number of hydrogen-bond acceptors (Lipinski definition) is 3. The molecule has 0 radical (unpaired) electrons. The van der Waals surface area contributed by atoms with Crippen molar-refractivity contribution in [3.05, 3.63) is 52.8 Å². The molecule has 0 spiro atoms. The number of amides is 1. The Kier molecular flexibility index (Phi) is 4.29. The first-order valence-electron chi connectivity index (χ1n) is 5.81. The van der Waals surface area contributed by atoms with Crippen molar-refractivity contribution < 1.29 is 4.79 Å². The lowest BCUT2D eigenvalue weighted by molar-refractivity contribution is -0.118. The maximum atomic E-state index is 11.0. The highest BCUT2D eigenvalue weighted by Gasteiger charge is 2.14. The number of nitrogens with zero attached hydrogens (tertiary/aromatic N) is 1. The molecule has 5 heteroatoms. The van der Waals surface area contributed by atoms with Gasteiger partial charge in [-0.25, -0.2) is 0 Å². The van der Waals surface area contributed by atoms with Crippen molar-refractivity contribution in [2.45, 2.75) is 12.5 Å². The minimum absolute atomic E-state index is 0.104. The molecule has 0 aliphatic carbocycles. The summed E-state index contributed by atoms with van der Waals surface area (Å²) in [5.41, 5.74) is 14.0. The molecule has 0 fully saturated rings. The summed E-state index contributed by atoms with van der Waals surface area (Å²) in [6, 6.07) is 9.32. The molecule has 1 unspecified atom stereocenters. The predicted octanol–water partition coefficient (Wildman–Crippen LogP) is 2.39. The molecule has 0 saturated carbocycles. The molecule has 4 N–H and O–H groups in total. The van der Waals surface area contributed by atoms with Gasteiger partial charge in [-0.1, -0.05) is 28.1 Å². The Hall–Kier alpha value is -1.72. The lowest BCUT2D eigenvalue weighted by Gasteiger charge is -2.15. The van der Waals surface area contributed by atoms with Crippen LogP contribution in [0.15, 0.2) is 47.2 Å². The van der Waals surface area contributed by atoms with Crippen LogP contribution in [0.4, 0.5) is 0 Å². The Bertz CT molecular complexity index is 601. The van der Waals surface area contributed by atoms with E-state index in [1.54, 1.807) is 12.4 Å². The van der Waals surface area contributed by atoms with E-state index < -0.39 is 11.9 Å². The zero-order valence-electron chi connectivity index (χ0n) is 10.2. The minimum Gasteiger partial charge on any atom is -0.370 e. The van der Waals surface area contributed by atoms with Crippen LogP contribution in [0.5, 0.6) is 0 Å². The van der Waals surface area contributed by atoms with Crippen molar-refractivity contribution in [1.29, 1.82) is 0 Å². The number of hydrogen-bond donors (Lipinski definition) is 2. The molecule has 1 amide bonds. The van der Waals surface area contributed by atoms with Gasteiger partial charge < -0.3 is 11.5 Å². The smallest absolute Gasteiger partial charge is 0.219 e. The van der Waals surface area contributed by atoms with Gasteiger partial charge in [0.25, 0.3) is 0 Å². The summed E-state index contributed by atoms with van der Waals surface area (Å²) in [6.07, 6.45) is 3.49. The Morgan fingerprint density at radius 2 is 2.16 bits per heavy atom. The molecule has 0 aliphatic heterocycles. The molecule has 0 aliphatic rings. The van der Waals surface area contributed by atoms with E-state index in [1.807, 2.05) is 30.3 Å². The number of nitrogens with two attached hydrogens (primary N) is 2. The Balaban J connectivity index is 2.44. The van der Waals surface area contributed by atoms with Crippen molar-refractivity contribution in [3.8, 4) is 11.1 Å². The molecular formula is C14H14BrN3O. The van der Waals surface area contributed by atoms with Crippen molar-refractivity contribution in [2.75, 3.05) is 0 Å². The molecule has 1 aromatic carbocycles. The van der Waals surface area contributed by atoms with Gasteiger partial charge in [-0.3, -0.25) is 9.78 Å². The van der Waals surface area contributed by atoms with E-state index >= 15 is 0 Å². The first kappa shape index (κ1) is 13.7. The standard InChI is InChI=1S/C14H14BrN3O/c15-10-3-1-2-9(6-10)11-4-5-18-8-12(11)13(16)7-14(17)19/h1-6,8,13H,7,16H2,(H2,17,19). The lowest BCUT2D eigenvalue weighted by Crippen LogP contribution is -2.21. The Morgan fingerprint density at radius 1 is 1.37 bits per heavy atom. The molecule has 1 atom stereocenters. The van der Waals surface area contributed by atoms with Crippen molar-refractivity contribution in [2.24, 2.45) is 11.5 Å². The van der Waals surface area contributed by atoms with Gasteiger partial charge in [0, 0.05) is 29.3 Å². The van der Waals surface area contributed by atoms with E-state index in [1.165, 1.54) is 0 Å². The first-order valence-corrected chi connectivity index (χ1v) is 6.61. The zero-order chi connectivity index (χ0) is 13.8. The van der Waals surface area contributed by atoms with Crippen molar-refractivity contribution in [3.63, 3.8) is 0 Å². The van der Waals surface area contributed by atoms with Crippen LogP contribution in [-0.4, -0.2) is 10.9 Å². The minimum atomic E-state index is -0.444. The number of benzene rings is 1. The number of halogens is 1. The summed E-state index contributed by atoms with van der Waals surface area (Å²) < 4.78 is 0.983. The number of rotatable bonds is 4. The van der Waals surface area contributed by atoms with Gasteiger partial charge in [0.2, 0.25) is 5.91 Å². The van der Waals surface area contributed by atoms with Gasteiger partial charge in [-0.15, -0.1) is 0 Å². The van der Waals surface area contributed by atoms with Gasteiger partial charge >= 0.3 is 0 Å². The van der Waals surface area contributed by atoms with Crippen LogP contribution >= 0.6 is 15.9 Å². The second-order valence-electron chi connectivity index (χ2n) is 4.25. The van der Waals surface area contributed by atoms with Crippen LogP contribution in [0.25, 0.3) is 11.1 Å². The summed E-state index contributed by atoms with van der Waals surface area (Å²) in [4.78, 5) is 15.1. The maximum absolute atomic E-state index is 11.0. The van der Waals surface area contributed by atoms with Crippen LogP contribution in [-0.2, 0) is 4.79 Å². The fourth-order valence-electron chi connectivity index (χ4n) is 1.95. The van der Waals surface area contributed by atoms with Crippen LogP contribution < -0.4 is 11.5 Å². The molecule has 4 nitrogen and oxygen atoms in total. The lowest BCUT2D eigenvalue weighted by atomic mass is 9.95. The van der Waals surface area contributed by atoms with Crippen LogP contribution in [0.1, 0.15) is 18.0 Å². The van der Waals surface area contributed by atoms with Crippen molar-refractivity contribution >= 4 is 21.8 Å². The number of pyridine rings is 1. The monoisotopic (exact) mass is 319 g/mol. The molecular weight excluding hydrogens is 306 g/mol. The first-order chi connectivity index (χ1) is 9.08. The zero-order valence-corrected chi connectivity index (χ0v) is 11.8. The van der Waals surface area contributed by atoms with Gasteiger partial charge in [-0.2, -0.15) is 0 Å². The average molecular weight is 320 g/mol. The van der Waals surface area contributed by atoms with Gasteiger partial charge in [-0.05, 0) is 34.9 Å². The van der Waals surface area contributed by atoms with Gasteiger partial charge in [0.05, 0.1) is 0 Å². The second-order valence-corrected chi connectivity index (χ2v) is 5.17. The normalized spacial score (nSPS) is 12.1. The third kappa shape index (κ3) is 3.39. The Labute approximate surface area is 120 Å². The summed E-state index contributed by atoms with van der Waals surface area (Å²) in [5, 5.41) is 0. The third-order valence-electron chi connectivity index (χ3n) is 2.81. The summed E-state index contributed by atoms with van der Waals surface area (Å²) in [5.74, 6) is -0.420. The van der Waals surface area contributed by atoms with Crippen LogP contribution in [0.3, 0.4) is 0 Å². The van der Waals surface area contributed by atoms with Crippen LogP contribution in [0, 0.1) is 0 Å². The highest BCUT2D eigenvalue weighted by molar-refractivity contribution is 9.10. The number of primary amides is 1. The fraction of sp³-hybridized carbons (Fsp3) is 0.143. The second kappa shape index (κ2) is 5.95. The average Bonchev–Trinajstić information content (AvgIpc) is 2.38. The summed E-state index contributed by atoms with van der Waals surface area (Å²) >= 11 is 3.44. The van der Waals surface area contributed by atoms with E-state index in [0.717, 1.165) is 21.2 Å². The molecule has 98 valence electrons. The van der Waals surface area contributed by atoms with Gasteiger partial charge in [0.1, 0.15) is 0 Å². The van der Waals surface area contributed by atoms with E-state index in [9.17, 15) is 4.79 Å². The molecule has 2 rings (SSSR count). The maximum Gasteiger partial charge on any atom is 0.219 e. The van der Waals surface area contributed by atoms with E-state index in [0.29, 0.717) is 0 Å². The fourth-order valence-corrected chi connectivity index (χ4v) is 2.35. The van der Waals surface area contributed by atoms with Crippen molar-refractivity contribution in [1.82, 2.24) is 4.98 Å². The molecule has 1 heterocycles. The molecule has 0 bridgehead atoms. The molecule has 2 aromatic rings. The van der Waals surface area contributed by atoms with Crippen LogP contribution in [0.2, 0.25) is 0 Å². The predicted molar refractivity (Wildman–Crippen MR) is 78.1 cm³/mol. The topological polar surface area (TPSA) is 82.0 Å². The quantitative estimate of drug-likeness (QED) is 0.907. The highest BCUT2D eigenvalue weighted by atomic mass is 79.9. The van der Waals surface area contributed by atoms with Gasteiger partial charge in [0.15, 0.2) is 0 Å². The van der Waals surface area contributed by atoms with E-state index in [-0.39, 0.29) is 6.42 Å². The molecule has 1 aromatic heterocycles. The number of carbonyl (C=O) groups is 1. The largest absolute Gasteiger partial charge is 0.370 e. The third-order valence-corrected chi connectivity index (χ3v) is 3.30. The number of carbonyl (C=O) groups excluding carboxylic acids is 1. The molecule has 19 heavy (non-hydrogen) atoms. The SMILES string of the molecule is NC(=O)CC(N)c1cnccc1-c1cccc(Br)c1. The number of aromatic nitrogens is 1. The highest BCUT2D eigenvalue weighted by Crippen LogP contribution is 2.29. The molecule has 0 saturated heterocycles.